The van der Waals surface area contributed by atoms with Crippen molar-refractivity contribution in [1.82, 2.24) is 10.2 Å². The lowest BCUT2D eigenvalue weighted by molar-refractivity contribution is 0.0519. The highest BCUT2D eigenvalue weighted by molar-refractivity contribution is 5.71. The molecule has 22 heavy (non-hydrogen) atoms. The molecule has 1 fully saturated rings. The summed E-state index contributed by atoms with van der Waals surface area (Å²) < 4.78 is 0. The first kappa shape index (κ1) is 14.1. The Morgan fingerprint density at radius 1 is 1.23 bits per heavy atom. The van der Waals surface area contributed by atoms with Crippen molar-refractivity contribution in [2.45, 2.75) is 45.6 Å². The molecule has 0 spiro atoms. The molecule has 1 aromatic rings. The maximum atomic E-state index is 3.75. The van der Waals surface area contributed by atoms with Crippen LogP contribution in [0.2, 0.25) is 0 Å². The fourth-order valence-corrected chi connectivity index (χ4v) is 4.89. The van der Waals surface area contributed by atoms with E-state index in [1.165, 1.54) is 54.9 Å². The molecule has 3 heterocycles. The van der Waals surface area contributed by atoms with E-state index >= 15 is 0 Å². The van der Waals surface area contributed by atoms with Gasteiger partial charge in [-0.15, -0.1) is 0 Å². The Labute approximate surface area is 133 Å². The molecule has 0 aliphatic carbocycles. The molecular formula is C20H26N2. The molecule has 1 saturated heterocycles. The molecule has 3 aliphatic rings. The standard InChI is InChI=1S/C20H26N2/c1-3-20-11-7-12-22-13-10-17(16-8-5-4-6-9-16)18(19(20)22)21-15(2)14-20/h4-6,8-9,14,19,21H,3,7,10-13H2,1-2H3/t19-,20+/m1/s1. The number of allylic oxidation sites excluding steroid dienone is 1. The van der Waals surface area contributed by atoms with Crippen LogP contribution in [-0.2, 0) is 0 Å². The number of piperidine rings is 1. The van der Waals surface area contributed by atoms with Crippen LogP contribution in [-0.4, -0.2) is 24.0 Å². The first-order chi connectivity index (χ1) is 10.7. The van der Waals surface area contributed by atoms with Crippen LogP contribution in [0, 0.1) is 5.41 Å². The van der Waals surface area contributed by atoms with Gasteiger partial charge in [0.15, 0.2) is 0 Å². The van der Waals surface area contributed by atoms with Crippen molar-refractivity contribution in [2.24, 2.45) is 5.41 Å². The second-order valence-electron chi connectivity index (χ2n) is 7.09. The molecule has 0 bridgehead atoms. The average molecular weight is 294 g/mol. The molecule has 1 N–H and O–H groups in total. The highest BCUT2D eigenvalue weighted by atomic mass is 15.2. The fraction of sp³-hybridized carbons (Fsp3) is 0.500. The van der Waals surface area contributed by atoms with Crippen molar-refractivity contribution in [3.05, 3.63) is 53.4 Å². The summed E-state index contributed by atoms with van der Waals surface area (Å²) in [6.07, 6.45) is 7.59. The van der Waals surface area contributed by atoms with E-state index in [9.17, 15) is 0 Å². The van der Waals surface area contributed by atoms with E-state index in [2.05, 4.69) is 60.5 Å². The molecule has 3 aliphatic heterocycles. The summed E-state index contributed by atoms with van der Waals surface area (Å²) in [6.45, 7) is 7.06. The largest absolute Gasteiger partial charge is 0.361 e. The average Bonchev–Trinajstić information content (AvgIpc) is 2.56. The lowest BCUT2D eigenvalue weighted by atomic mass is 9.65. The van der Waals surface area contributed by atoms with Gasteiger partial charge in [-0.25, -0.2) is 0 Å². The lowest BCUT2D eigenvalue weighted by Gasteiger charge is -2.54. The molecule has 1 aromatic carbocycles. The third kappa shape index (κ3) is 2.04. The molecule has 0 saturated carbocycles. The minimum atomic E-state index is 0.337. The van der Waals surface area contributed by atoms with E-state index in [4.69, 9.17) is 0 Å². The number of hydrogen-bond donors (Lipinski definition) is 1. The van der Waals surface area contributed by atoms with Gasteiger partial charge in [-0.3, -0.25) is 4.90 Å². The lowest BCUT2D eigenvalue weighted by Crippen LogP contribution is -2.58. The van der Waals surface area contributed by atoms with Crippen molar-refractivity contribution in [2.75, 3.05) is 13.1 Å². The molecule has 2 nitrogen and oxygen atoms in total. The predicted octanol–water partition coefficient (Wildman–Crippen LogP) is 4.17. The zero-order chi connectivity index (χ0) is 15.2. The second kappa shape index (κ2) is 5.27. The monoisotopic (exact) mass is 294 g/mol. The zero-order valence-corrected chi connectivity index (χ0v) is 13.7. The summed E-state index contributed by atoms with van der Waals surface area (Å²) >= 11 is 0. The van der Waals surface area contributed by atoms with Crippen LogP contribution in [0.4, 0.5) is 0 Å². The van der Waals surface area contributed by atoms with Crippen LogP contribution in [0.3, 0.4) is 0 Å². The van der Waals surface area contributed by atoms with Gasteiger partial charge in [0.2, 0.25) is 0 Å². The van der Waals surface area contributed by atoms with Crippen molar-refractivity contribution < 1.29 is 0 Å². The summed E-state index contributed by atoms with van der Waals surface area (Å²) in [5.41, 5.74) is 6.09. The Morgan fingerprint density at radius 3 is 2.82 bits per heavy atom. The van der Waals surface area contributed by atoms with Gasteiger partial charge in [-0.1, -0.05) is 43.3 Å². The minimum absolute atomic E-state index is 0.337. The van der Waals surface area contributed by atoms with Gasteiger partial charge in [0, 0.05) is 23.4 Å². The van der Waals surface area contributed by atoms with E-state index in [1.54, 1.807) is 0 Å². The highest BCUT2D eigenvalue weighted by Crippen LogP contribution is 2.49. The van der Waals surface area contributed by atoms with Crippen molar-refractivity contribution in [3.63, 3.8) is 0 Å². The Kier molecular flexibility index (Phi) is 3.37. The zero-order valence-electron chi connectivity index (χ0n) is 13.7. The Bertz CT molecular complexity index is 628. The number of nitrogens with one attached hydrogen (secondary N) is 1. The van der Waals surface area contributed by atoms with E-state index in [1.807, 2.05) is 0 Å². The van der Waals surface area contributed by atoms with Crippen molar-refractivity contribution in [3.8, 4) is 0 Å². The summed E-state index contributed by atoms with van der Waals surface area (Å²) in [4.78, 5) is 2.73. The van der Waals surface area contributed by atoms with Crippen LogP contribution >= 0.6 is 0 Å². The van der Waals surface area contributed by atoms with Gasteiger partial charge < -0.3 is 5.32 Å². The van der Waals surface area contributed by atoms with Gasteiger partial charge in [0.25, 0.3) is 0 Å². The van der Waals surface area contributed by atoms with E-state index in [0.29, 0.717) is 11.5 Å². The molecular weight excluding hydrogens is 268 g/mol. The number of benzene rings is 1. The predicted molar refractivity (Wildman–Crippen MR) is 92.2 cm³/mol. The quantitative estimate of drug-likeness (QED) is 0.880. The number of nitrogens with zero attached hydrogens (tertiary/aromatic N) is 1. The SMILES string of the molecule is CC[C@@]12C=C(C)NC3=C(c4ccccc4)CCN(CCC1)[C@H]32. The van der Waals surface area contributed by atoms with Crippen LogP contribution in [0.15, 0.2) is 47.8 Å². The van der Waals surface area contributed by atoms with Crippen molar-refractivity contribution >= 4 is 5.57 Å². The Balaban J connectivity index is 1.88. The van der Waals surface area contributed by atoms with Gasteiger partial charge in [0.1, 0.15) is 0 Å². The topological polar surface area (TPSA) is 15.3 Å². The minimum Gasteiger partial charge on any atom is -0.361 e. The first-order valence-electron chi connectivity index (χ1n) is 8.72. The van der Waals surface area contributed by atoms with Gasteiger partial charge >= 0.3 is 0 Å². The van der Waals surface area contributed by atoms with Gasteiger partial charge in [-0.2, -0.15) is 0 Å². The molecule has 2 atom stereocenters. The van der Waals surface area contributed by atoms with Gasteiger partial charge in [-0.05, 0) is 50.3 Å². The summed E-state index contributed by atoms with van der Waals surface area (Å²) in [6, 6.07) is 11.5. The van der Waals surface area contributed by atoms with Crippen LogP contribution in [0.5, 0.6) is 0 Å². The third-order valence-corrected chi connectivity index (χ3v) is 5.86. The second-order valence-corrected chi connectivity index (χ2v) is 7.09. The molecule has 2 heteroatoms. The van der Waals surface area contributed by atoms with Gasteiger partial charge in [0.05, 0.1) is 6.04 Å². The molecule has 116 valence electrons. The normalized spacial score (nSPS) is 31.4. The molecule has 0 amide bonds. The van der Waals surface area contributed by atoms with E-state index < -0.39 is 0 Å². The maximum Gasteiger partial charge on any atom is 0.0593 e. The molecule has 0 aromatic heterocycles. The summed E-state index contributed by atoms with van der Waals surface area (Å²) in [5.74, 6) is 0. The van der Waals surface area contributed by atoms with Crippen LogP contribution < -0.4 is 5.32 Å². The van der Waals surface area contributed by atoms with Crippen molar-refractivity contribution in [1.29, 1.82) is 0 Å². The van der Waals surface area contributed by atoms with E-state index in [-0.39, 0.29) is 0 Å². The third-order valence-electron chi connectivity index (χ3n) is 5.86. The summed E-state index contributed by atoms with van der Waals surface area (Å²) in [5, 5.41) is 3.75. The Morgan fingerprint density at radius 2 is 2.05 bits per heavy atom. The molecule has 4 rings (SSSR count). The molecule has 0 radical (unpaired) electrons. The maximum absolute atomic E-state index is 3.75. The Hall–Kier alpha value is -1.54. The molecule has 0 unspecified atom stereocenters. The van der Waals surface area contributed by atoms with E-state index in [0.717, 1.165) is 6.42 Å². The first-order valence-corrected chi connectivity index (χ1v) is 8.72. The smallest absolute Gasteiger partial charge is 0.0593 e. The summed E-state index contributed by atoms with van der Waals surface area (Å²) in [7, 11) is 0. The number of rotatable bonds is 2. The van der Waals surface area contributed by atoms with Crippen LogP contribution in [0.1, 0.15) is 45.1 Å². The number of hydrogen-bond acceptors (Lipinski definition) is 2. The fourth-order valence-electron chi connectivity index (χ4n) is 4.89. The van der Waals surface area contributed by atoms with Crippen LogP contribution in [0.25, 0.3) is 5.57 Å². The highest BCUT2D eigenvalue weighted by Gasteiger charge is 2.48.